The Balaban J connectivity index is 1.50. The Morgan fingerprint density at radius 3 is 2.44 bits per heavy atom. The molecule has 2 N–H and O–H groups in total. The van der Waals surface area contributed by atoms with Crippen molar-refractivity contribution in [3.8, 4) is 0 Å². The first-order chi connectivity index (χ1) is 13.1. The van der Waals surface area contributed by atoms with Crippen LogP contribution in [-0.4, -0.2) is 17.6 Å². The SMILES string of the molecule is O=C(CSc1cccc(NC(=O)C2CCCCC2)c1)Nc1ccc(Br)cc1. The van der Waals surface area contributed by atoms with Gasteiger partial charge in [-0.25, -0.2) is 0 Å². The number of carbonyl (C=O) groups is 2. The van der Waals surface area contributed by atoms with Crippen molar-refractivity contribution in [2.24, 2.45) is 5.92 Å². The largest absolute Gasteiger partial charge is 0.326 e. The van der Waals surface area contributed by atoms with Gasteiger partial charge in [0, 0.05) is 26.7 Å². The zero-order chi connectivity index (χ0) is 19.1. The third-order valence-corrected chi connectivity index (χ3v) is 6.10. The molecule has 1 saturated carbocycles. The predicted molar refractivity (Wildman–Crippen MR) is 115 cm³/mol. The van der Waals surface area contributed by atoms with Crippen LogP contribution in [0.15, 0.2) is 57.9 Å². The minimum Gasteiger partial charge on any atom is -0.326 e. The molecule has 0 bridgehead atoms. The van der Waals surface area contributed by atoms with Gasteiger partial charge in [0.15, 0.2) is 0 Å². The number of rotatable bonds is 6. The second-order valence-electron chi connectivity index (χ2n) is 6.70. The Kier molecular flexibility index (Phi) is 7.35. The molecule has 0 radical (unpaired) electrons. The van der Waals surface area contributed by atoms with Crippen LogP contribution in [0, 0.1) is 5.92 Å². The van der Waals surface area contributed by atoms with Crippen molar-refractivity contribution in [1.29, 1.82) is 0 Å². The molecule has 2 aromatic rings. The van der Waals surface area contributed by atoms with E-state index >= 15 is 0 Å². The van der Waals surface area contributed by atoms with Crippen molar-refractivity contribution in [3.63, 3.8) is 0 Å². The van der Waals surface area contributed by atoms with Gasteiger partial charge in [0.25, 0.3) is 0 Å². The standard InChI is InChI=1S/C21H23BrN2O2S/c22-16-9-11-17(12-10-16)23-20(25)14-27-19-8-4-7-18(13-19)24-21(26)15-5-2-1-3-6-15/h4,7-13,15H,1-3,5-6,14H2,(H,23,25)(H,24,26). The summed E-state index contributed by atoms with van der Waals surface area (Å²) in [4.78, 5) is 25.5. The minimum absolute atomic E-state index is 0.0565. The molecule has 0 saturated heterocycles. The lowest BCUT2D eigenvalue weighted by atomic mass is 9.88. The lowest BCUT2D eigenvalue weighted by molar-refractivity contribution is -0.120. The summed E-state index contributed by atoms with van der Waals surface area (Å²) in [6.45, 7) is 0. The van der Waals surface area contributed by atoms with Gasteiger partial charge in [-0.15, -0.1) is 11.8 Å². The molecule has 2 amide bonds. The monoisotopic (exact) mass is 446 g/mol. The van der Waals surface area contributed by atoms with Gasteiger partial charge in [0.1, 0.15) is 0 Å². The molecule has 0 atom stereocenters. The summed E-state index contributed by atoms with van der Waals surface area (Å²) in [6.07, 6.45) is 5.48. The summed E-state index contributed by atoms with van der Waals surface area (Å²) in [5.41, 5.74) is 1.57. The van der Waals surface area contributed by atoms with Crippen LogP contribution in [0.25, 0.3) is 0 Å². The number of amides is 2. The van der Waals surface area contributed by atoms with Crippen molar-refractivity contribution >= 4 is 50.9 Å². The molecular weight excluding hydrogens is 424 g/mol. The first-order valence-electron chi connectivity index (χ1n) is 9.19. The van der Waals surface area contributed by atoms with E-state index in [9.17, 15) is 9.59 Å². The van der Waals surface area contributed by atoms with Crippen molar-refractivity contribution in [2.45, 2.75) is 37.0 Å². The molecule has 0 unspecified atom stereocenters. The summed E-state index contributed by atoms with van der Waals surface area (Å²) < 4.78 is 0.974. The second kappa shape index (κ2) is 9.95. The van der Waals surface area contributed by atoms with Crippen molar-refractivity contribution in [2.75, 3.05) is 16.4 Å². The van der Waals surface area contributed by atoms with E-state index in [0.717, 1.165) is 46.4 Å². The average molecular weight is 447 g/mol. The molecule has 3 rings (SSSR count). The third kappa shape index (κ3) is 6.40. The number of carbonyl (C=O) groups excluding carboxylic acids is 2. The highest BCUT2D eigenvalue weighted by molar-refractivity contribution is 9.10. The van der Waals surface area contributed by atoms with Crippen LogP contribution in [0.2, 0.25) is 0 Å². The Bertz CT molecular complexity index is 789. The molecule has 0 aromatic heterocycles. The smallest absolute Gasteiger partial charge is 0.234 e. The molecular formula is C21H23BrN2O2S. The summed E-state index contributed by atoms with van der Waals surface area (Å²) >= 11 is 4.83. The molecule has 142 valence electrons. The van der Waals surface area contributed by atoms with Crippen LogP contribution in [0.1, 0.15) is 32.1 Å². The average Bonchev–Trinajstić information content (AvgIpc) is 2.69. The van der Waals surface area contributed by atoms with Crippen LogP contribution in [-0.2, 0) is 9.59 Å². The van der Waals surface area contributed by atoms with Gasteiger partial charge in [0.05, 0.1) is 5.75 Å². The third-order valence-electron chi connectivity index (χ3n) is 4.58. The highest BCUT2D eigenvalue weighted by atomic mass is 79.9. The van der Waals surface area contributed by atoms with Crippen LogP contribution in [0.4, 0.5) is 11.4 Å². The fourth-order valence-corrected chi connectivity index (χ4v) is 4.17. The summed E-state index contributed by atoms with van der Waals surface area (Å²) in [7, 11) is 0. The maximum absolute atomic E-state index is 12.4. The number of hydrogen-bond acceptors (Lipinski definition) is 3. The fourth-order valence-electron chi connectivity index (χ4n) is 3.15. The fraction of sp³-hybridized carbons (Fsp3) is 0.333. The van der Waals surface area contributed by atoms with Gasteiger partial charge in [0.2, 0.25) is 11.8 Å². The molecule has 6 heteroatoms. The molecule has 1 fully saturated rings. The number of halogens is 1. The van der Waals surface area contributed by atoms with Gasteiger partial charge in [-0.1, -0.05) is 41.3 Å². The summed E-state index contributed by atoms with van der Waals surface area (Å²) in [5, 5.41) is 5.91. The molecule has 0 aliphatic heterocycles. The van der Waals surface area contributed by atoms with Crippen LogP contribution < -0.4 is 10.6 Å². The second-order valence-corrected chi connectivity index (χ2v) is 8.66. The number of benzene rings is 2. The van der Waals surface area contributed by atoms with Gasteiger partial charge in [-0.3, -0.25) is 9.59 Å². The van der Waals surface area contributed by atoms with E-state index < -0.39 is 0 Å². The van der Waals surface area contributed by atoms with E-state index in [4.69, 9.17) is 0 Å². The molecule has 0 heterocycles. The van der Waals surface area contributed by atoms with E-state index in [0.29, 0.717) is 5.75 Å². The van der Waals surface area contributed by atoms with E-state index in [1.54, 1.807) is 0 Å². The summed E-state index contributed by atoms with van der Waals surface area (Å²) in [5.74, 6) is 0.506. The number of nitrogens with one attached hydrogen (secondary N) is 2. The van der Waals surface area contributed by atoms with Crippen molar-refractivity contribution in [3.05, 3.63) is 53.0 Å². The molecule has 2 aromatic carbocycles. The number of anilines is 2. The molecule has 0 spiro atoms. The van der Waals surface area contributed by atoms with E-state index in [-0.39, 0.29) is 17.7 Å². The van der Waals surface area contributed by atoms with Gasteiger partial charge in [-0.2, -0.15) is 0 Å². The van der Waals surface area contributed by atoms with E-state index in [1.165, 1.54) is 18.2 Å². The van der Waals surface area contributed by atoms with Crippen LogP contribution in [0.3, 0.4) is 0 Å². The lowest BCUT2D eigenvalue weighted by Gasteiger charge is -2.20. The first-order valence-corrected chi connectivity index (χ1v) is 11.0. The van der Waals surface area contributed by atoms with Crippen molar-refractivity contribution in [1.82, 2.24) is 0 Å². The first kappa shape index (κ1) is 20.0. The zero-order valence-electron chi connectivity index (χ0n) is 15.0. The lowest BCUT2D eigenvalue weighted by Crippen LogP contribution is -2.24. The molecule has 1 aliphatic carbocycles. The molecule has 27 heavy (non-hydrogen) atoms. The molecule has 1 aliphatic rings. The minimum atomic E-state index is -0.0565. The number of hydrogen-bond donors (Lipinski definition) is 2. The summed E-state index contributed by atoms with van der Waals surface area (Å²) in [6, 6.07) is 15.2. The van der Waals surface area contributed by atoms with Gasteiger partial charge in [-0.05, 0) is 55.3 Å². The Morgan fingerprint density at radius 2 is 1.70 bits per heavy atom. The predicted octanol–water partition coefficient (Wildman–Crippen LogP) is 5.70. The number of thioether (sulfide) groups is 1. The zero-order valence-corrected chi connectivity index (χ0v) is 17.4. The van der Waals surface area contributed by atoms with E-state index in [2.05, 4.69) is 26.6 Å². The Hall–Kier alpha value is -1.79. The highest BCUT2D eigenvalue weighted by Crippen LogP contribution is 2.26. The van der Waals surface area contributed by atoms with E-state index in [1.807, 2.05) is 48.5 Å². The quantitative estimate of drug-likeness (QED) is 0.559. The molecule has 4 nitrogen and oxygen atoms in total. The highest BCUT2D eigenvalue weighted by Gasteiger charge is 2.21. The topological polar surface area (TPSA) is 58.2 Å². The maximum Gasteiger partial charge on any atom is 0.234 e. The van der Waals surface area contributed by atoms with Gasteiger partial charge < -0.3 is 10.6 Å². The Labute approximate surface area is 172 Å². The Morgan fingerprint density at radius 1 is 0.963 bits per heavy atom. The van der Waals surface area contributed by atoms with Gasteiger partial charge >= 0.3 is 0 Å². The van der Waals surface area contributed by atoms with Crippen LogP contribution in [0.5, 0.6) is 0 Å². The maximum atomic E-state index is 12.4. The van der Waals surface area contributed by atoms with Crippen LogP contribution >= 0.6 is 27.7 Å². The van der Waals surface area contributed by atoms with Crippen molar-refractivity contribution < 1.29 is 9.59 Å². The normalized spacial score (nSPS) is 14.6.